The van der Waals surface area contributed by atoms with Gasteiger partial charge in [-0.25, -0.2) is 4.98 Å². The maximum atomic E-state index is 10.5. The Kier molecular flexibility index (Phi) is 6.59. The first-order valence-electron chi connectivity index (χ1n) is 9.72. The fourth-order valence-electron chi connectivity index (χ4n) is 3.47. The van der Waals surface area contributed by atoms with Crippen molar-refractivity contribution < 1.29 is 9.90 Å². The van der Waals surface area contributed by atoms with Crippen LogP contribution >= 0.6 is 0 Å². The van der Waals surface area contributed by atoms with E-state index in [0.29, 0.717) is 6.42 Å². The number of aryl methyl sites for hydroxylation is 1. The summed E-state index contributed by atoms with van der Waals surface area (Å²) in [5.41, 5.74) is 3.50. The summed E-state index contributed by atoms with van der Waals surface area (Å²) in [5, 5.41) is 11.0. The SMILES string of the molecule is O=C(O)CCCCCCCCCc1ccc2nc3ccccc3cc2c1. The molecule has 0 fully saturated rings. The number of carboxylic acid groups (broad SMARTS) is 1. The van der Waals surface area contributed by atoms with Gasteiger partial charge in [0.2, 0.25) is 0 Å². The minimum Gasteiger partial charge on any atom is -0.481 e. The average Bonchev–Trinajstić information content (AvgIpc) is 2.64. The minimum absolute atomic E-state index is 0.312. The molecule has 0 saturated heterocycles. The van der Waals surface area contributed by atoms with E-state index in [1.54, 1.807) is 0 Å². The predicted octanol–water partition coefficient (Wildman–Crippen LogP) is 6.14. The quantitative estimate of drug-likeness (QED) is 0.353. The Balaban J connectivity index is 1.43. The number of aromatic nitrogens is 1. The van der Waals surface area contributed by atoms with Crippen molar-refractivity contribution in [2.24, 2.45) is 0 Å². The zero-order valence-corrected chi connectivity index (χ0v) is 15.3. The van der Waals surface area contributed by atoms with Gasteiger partial charge in [0.15, 0.2) is 0 Å². The molecular weight excluding hydrogens is 322 g/mol. The number of fused-ring (bicyclic) bond motifs is 2. The van der Waals surface area contributed by atoms with Gasteiger partial charge in [-0.1, -0.05) is 56.4 Å². The molecule has 0 radical (unpaired) electrons. The van der Waals surface area contributed by atoms with Gasteiger partial charge in [0.05, 0.1) is 11.0 Å². The van der Waals surface area contributed by atoms with Gasteiger partial charge < -0.3 is 5.11 Å². The average molecular weight is 349 g/mol. The summed E-state index contributed by atoms with van der Waals surface area (Å²) in [6.45, 7) is 0. The topological polar surface area (TPSA) is 50.2 Å². The lowest BCUT2D eigenvalue weighted by molar-refractivity contribution is -0.137. The lowest BCUT2D eigenvalue weighted by Gasteiger charge is -2.06. The van der Waals surface area contributed by atoms with E-state index >= 15 is 0 Å². The largest absolute Gasteiger partial charge is 0.481 e. The number of aliphatic carboxylic acids is 1. The van der Waals surface area contributed by atoms with Crippen LogP contribution in [0, 0.1) is 0 Å². The van der Waals surface area contributed by atoms with E-state index in [-0.39, 0.29) is 0 Å². The lowest BCUT2D eigenvalue weighted by atomic mass is 10.0. The van der Waals surface area contributed by atoms with E-state index in [4.69, 9.17) is 10.1 Å². The second kappa shape index (κ2) is 9.33. The first-order chi connectivity index (χ1) is 12.7. The molecule has 0 atom stereocenters. The molecule has 0 aliphatic heterocycles. The van der Waals surface area contributed by atoms with Crippen molar-refractivity contribution in [3.05, 3.63) is 54.1 Å². The van der Waals surface area contributed by atoms with Crippen molar-refractivity contribution >= 4 is 27.8 Å². The molecule has 0 amide bonds. The molecule has 26 heavy (non-hydrogen) atoms. The third-order valence-corrected chi connectivity index (χ3v) is 4.94. The molecular formula is C23H27NO2. The maximum absolute atomic E-state index is 10.5. The molecule has 1 aromatic heterocycles. The van der Waals surface area contributed by atoms with Gasteiger partial charge >= 0.3 is 5.97 Å². The summed E-state index contributed by atoms with van der Waals surface area (Å²) >= 11 is 0. The Bertz CT molecular complexity index is 872. The molecule has 0 aliphatic carbocycles. The Hall–Kier alpha value is -2.42. The van der Waals surface area contributed by atoms with Crippen molar-refractivity contribution in [2.45, 2.75) is 57.8 Å². The summed E-state index contributed by atoms with van der Waals surface area (Å²) in [5.74, 6) is -0.677. The summed E-state index contributed by atoms with van der Waals surface area (Å²) in [6.07, 6.45) is 9.34. The van der Waals surface area contributed by atoms with E-state index in [2.05, 4.69) is 42.5 Å². The van der Waals surface area contributed by atoms with Gasteiger partial charge in [0.25, 0.3) is 0 Å². The lowest BCUT2D eigenvalue weighted by Crippen LogP contribution is -1.93. The molecule has 0 aliphatic rings. The van der Waals surface area contributed by atoms with Crippen LogP contribution in [-0.4, -0.2) is 16.1 Å². The molecule has 2 aromatic carbocycles. The molecule has 1 heterocycles. The highest BCUT2D eigenvalue weighted by molar-refractivity contribution is 5.92. The summed E-state index contributed by atoms with van der Waals surface area (Å²) in [6, 6.07) is 17.1. The van der Waals surface area contributed by atoms with Crippen LogP contribution in [0.1, 0.15) is 56.9 Å². The van der Waals surface area contributed by atoms with Crippen molar-refractivity contribution in [1.82, 2.24) is 4.98 Å². The predicted molar refractivity (Wildman–Crippen MR) is 108 cm³/mol. The fourth-order valence-corrected chi connectivity index (χ4v) is 3.47. The third kappa shape index (κ3) is 5.29. The highest BCUT2D eigenvalue weighted by atomic mass is 16.4. The minimum atomic E-state index is -0.677. The highest BCUT2D eigenvalue weighted by Gasteiger charge is 2.02. The normalized spacial score (nSPS) is 11.2. The van der Waals surface area contributed by atoms with Crippen LogP contribution in [-0.2, 0) is 11.2 Å². The standard InChI is InChI=1S/C23H27NO2/c25-23(26)13-7-5-3-1-2-4-6-10-18-14-15-22-20(16-18)17-19-11-8-9-12-21(19)24-22/h8-9,11-12,14-17H,1-7,10,13H2,(H,25,26). The molecule has 0 bridgehead atoms. The molecule has 0 spiro atoms. The number of carbonyl (C=O) groups is 1. The number of carboxylic acids is 1. The van der Waals surface area contributed by atoms with Crippen molar-refractivity contribution in [1.29, 1.82) is 0 Å². The Labute approximate surface area is 155 Å². The van der Waals surface area contributed by atoms with Gasteiger partial charge in [-0.05, 0) is 49.1 Å². The van der Waals surface area contributed by atoms with Crippen molar-refractivity contribution in [3.63, 3.8) is 0 Å². The first-order valence-corrected chi connectivity index (χ1v) is 9.72. The van der Waals surface area contributed by atoms with E-state index in [1.807, 2.05) is 6.07 Å². The Morgan fingerprint density at radius 2 is 1.46 bits per heavy atom. The van der Waals surface area contributed by atoms with Gasteiger partial charge in [-0.15, -0.1) is 0 Å². The molecule has 3 aromatic rings. The van der Waals surface area contributed by atoms with Crippen molar-refractivity contribution in [2.75, 3.05) is 0 Å². The monoisotopic (exact) mass is 349 g/mol. The van der Waals surface area contributed by atoms with Crippen LogP contribution in [0.15, 0.2) is 48.5 Å². The summed E-state index contributed by atoms with van der Waals surface area (Å²) in [7, 11) is 0. The number of nitrogens with zero attached hydrogens (tertiary/aromatic N) is 1. The number of benzene rings is 2. The van der Waals surface area contributed by atoms with Crippen LogP contribution < -0.4 is 0 Å². The van der Waals surface area contributed by atoms with Crippen LogP contribution in [0.5, 0.6) is 0 Å². The van der Waals surface area contributed by atoms with E-state index in [0.717, 1.165) is 36.7 Å². The highest BCUT2D eigenvalue weighted by Crippen LogP contribution is 2.21. The fraction of sp³-hybridized carbons (Fsp3) is 0.391. The number of pyridine rings is 1. The third-order valence-electron chi connectivity index (χ3n) is 4.94. The second-order valence-corrected chi connectivity index (χ2v) is 7.08. The number of para-hydroxylation sites is 1. The smallest absolute Gasteiger partial charge is 0.303 e. The number of hydrogen-bond donors (Lipinski definition) is 1. The Morgan fingerprint density at radius 3 is 2.27 bits per heavy atom. The second-order valence-electron chi connectivity index (χ2n) is 7.08. The molecule has 0 unspecified atom stereocenters. The number of rotatable bonds is 10. The molecule has 3 rings (SSSR count). The van der Waals surface area contributed by atoms with E-state index in [1.165, 1.54) is 42.0 Å². The van der Waals surface area contributed by atoms with Gasteiger partial charge in [-0.2, -0.15) is 0 Å². The molecule has 136 valence electrons. The first kappa shape index (κ1) is 18.4. The van der Waals surface area contributed by atoms with Crippen LogP contribution in [0.4, 0.5) is 0 Å². The zero-order valence-electron chi connectivity index (χ0n) is 15.3. The van der Waals surface area contributed by atoms with Crippen molar-refractivity contribution in [3.8, 4) is 0 Å². The van der Waals surface area contributed by atoms with Gasteiger partial charge in [-0.3, -0.25) is 4.79 Å². The molecule has 3 heteroatoms. The maximum Gasteiger partial charge on any atom is 0.303 e. The number of hydrogen-bond acceptors (Lipinski definition) is 2. The van der Waals surface area contributed by atoms with Crippen LogP contribution in [0.3, 0.4) is 0 Å². The summed E-state index contributed by atoms with van der Waals surface area (Å²) in [4.78, 5) is 15.2. The Morgan fingerprint density at radius 1 is 0.769 bits per heavy atom. The molecule has 0 saturated carbocycles. The number of unbranched alkanes of at least 4 members (excludes halogenated alkanes) is 6. The summed E-state index contributed by atoms with van der Waals surface area (Å²) < 4.78 is 0. The van der Waals surface area contributed by atoms with Gasteiger partial charge in [0, 0.05) is 17.2 Å². The van der Waals surface area contributed by atoms with Gasteiger partial charge in [0.1, 0.15) is 0 Å². The zero-order chi connectivity index (χ0) is 18.2. The van der Waals surface area contributed by atoms with Crippen LogP contribution in [0.2, 0.25) is 0 Å². The van der Waals surface area contributed by atoms with E-state index in [9.17, 15) is 4.79 Å². The van der Waals surface area contributed by atoms with Crippen LogP contribution in [0.25, 0.3) is 21.8 Å². The molecule has 1 N–H and O–H groups in total. The molecule has 3 nitrogen and oxygen atoms in total. The van der Waals surface area contributed by atoms with E-state index < -0.39 is 5.97 Å².